The Bertz CT molecular complexity index is 379. The first-order chi connectivity index (χ1) is 7.52. The first-order valence-electron chi connectivity index (χ1n) is 5.46. The molecule has 0 aliphatic carbocycles. The van der Waals surface area contributed by atoms with E-state index in [-0.39, 0.29) is 5.91 Å². The molecule has 1 amide bonds. The lowest BCUT2D eigenvalue weighted by molar-refractivity contribution is -0.117. The summed E-state index contributed by atoms with van der Waals surface area (Å²) in [5.74, 6) is 0.477. The first-order valence-corrected chi connectivity index (χ1v) is 6.25. The Morgan fingerprint density at radius 3 is 2.81 bits per heavy atom. The summed E-state index contributed by atoms with van der Waals surface area (Å²) in [4.78, 5) is 15.9. The highest BCUT2D eigenvalue weighted by atomic mass is 79.9. The molecule has 1 aromatic rings. The van der Waals surface area contributed by atoms with Gasteiger partial charge in [-0.05, 0) is 40.9 Å². The van der Waals surface area contributed by atoms with Crippen LogP contribution in [0.5, 0.6) is 0 Å². The van der Waals surface area contributed by atoms with E-state index in [1.54, 1.807) is 0 Å². The number of nitrogens with one attached hydrogen (secondary N) is 1. The molecular weight excluding hydrogens is 268 g/mol. The number of aryl methyl sites for hydroxylation is 1. The summed E-state index contributed by atoms with van der Waals surface area (Å²) in [5.41, 5.74) is 1.61. The molecule has 0 saturated heterocycles. The van der Waals surface area contributed by atoms with Gasteiger partial charge in [0.1, 0.15) is 4.60 Å². The van der Waals surface area contributed by atoms with E-state index in [0.717, 1.165) is 22.4 Å². The number of carbonyl (C=O) groups is 1. The van der Waals surface area contributed by atoms with Crippen LogP contribution in [0, 0.1) is 12.8 Å². The van der Waals surface area contributed by atoms with Crippen molar-refractivity contribution >= 4 is 27.5 Å². The van der Waals surface area contributed by atoms with Crippen LogP contribution in [0.25, 0.3) is 0 Å². The van der Waals surface area contributed by atoms with E-state index in [0.29, 0.717) is 12.3 Å². The van der Waals surface area contributed by atoms with Gasteiger partial charge in [-0.25, -0.2) is 4.98 Å². The van der Waals surface area contributed by atoms with Crippen LogP contribution >= 0.6 is 15.9 Å². The fourth-order valence-electron chi connectivity index (χ4n) is 1.32. The third-order valence-electron chi connectivity index (χ3n) is 2.56. The van der Waals surface area contributed by atoms with Gasteiger partial charge in [0.25, 0.3) is 0 Å². The zero-order chi connectivity index (χ0) is 12.1. The Balaban J connectivity index is 2.63. The van der Waals surface area contributed by atoms with Crippen LogP contribution in [0.3, 0.4) is 0 Å². The van der Waals surface area contributed by atoms with E-state index >= 15 is 0 Å². The van der Waals surface area contributed by atoms with Crippen molar-refractivity contribution in [3.8, 4) is 0 Å². The lowest BCUT2D eigenvalue weighted by Gasteiger charge is -2.10. The topological polar surface area (TPSA) is 42.0 Å². The molecule has 0 bridgehead atoms. The minimum absolute atomic E-state index is 0.0570. The Morgan fingerprint density at radius 1 is 1.56 bits per heavy atom. The zero-order valence-electron chi connectivity index (χ0n) is 9.88. The fraction of sp³-hybridized carbons (Fsp3) is 0.500. The molecule has 0 aromatic carbocycles. The molecule has 1 rings (SSSR count). The molecule has 0 saturated carbocycles. The van der Waals surface area contributed by atoms with Crippen molar-refractivity contribution in [2.45, 2.75) is 33.6 Å². The van der Waals surface area contributed by atoms with Crippen molar-refractivity contribution in [3.05, 3.63) is 22.4 Å². The van der Waals surface area contributed by atoms with Crippen LogP contribution < -0.4 is 5.32 Å². The van der Waals surface area contributed by atoms with Gasteiger partial charge < -0.3 is 5.32 Å². The standard InChI is InChI=1S/C12H17BrN2O/c1-4-8(2)7-12(16)15-10-5-6-11(13)14-9(10)3/h5-6,8H,4,7H2,1-3H3,(H,15,16). The number of aromatic nitrogens is 1. The van der Waals surface area contributed by atoms with Crippen molar-refractivity contribution in [2.75, 3.05) is 5.32 Å². The minimum atomic E-state index is 0.0570. The molecule has 4 heteroatoms. The summed E-state index contributed by atoms with van der Waals surface area (Å²) in [5, 5.41) is 2.88. The SMILES string of the molecule is CCC(C)CC(=O)Nc1ccc(Br)nc1C. The Morgan fingerprint density at radius 2 is 2.25 bits per heavy atom. The third kappa shape index (κ3) is 3.93. The molecule has 1 aromatic heterocycles. The molecule has 0 radical (unpaired) electrons. The average Bonchev–Trinajstić information content (AvgIpc) is 2.22. The molecule has 1 N–H and O–H groups in total. The van der Waals surface area contributed by atoms with Gasteiger partial charge in [-0.3, -0.25) is 4.79 Å². The van der Waals surface area contributed by atoms with Crippen molar-refractivity contribution < 1.29 is 4.79 Å². The van der Waals surface area contributed by atoms with E-state index in [4.69, 9.17) is 0 Å². The van der Waals surface area contributed by atoms with Gasteiger partial charge in [-0.2, -0.15) is 0 Å². The lowest BCUT2D eigenvalue weighted by Crippen LogP contribution is -2.15. The molecule has 88 valence electrons. The Kier molecular flexibility index (Phi) is 4.93. The molecule has 1 heterocycles. The van der Waals surface area contributed by atoms with Gasteiger partial charge in [0.2, 0.25) is 5.91 Å². The third-order valence-corrected chi connectivity index (χ3v) is 3.00. The molecule has 0 fully saturated rings. The van der Waals surface area contributed by atoms with Crippen LogP contribution in [0.15, 0.2) is 16.7 Å². The van der Waals surface area contributed by atoms with Gasteiger partial charge in [-0.1, -0.05) is 20.3 Å². The highest BCUT2D eigenvalue weighted by Gasteiger charge is 2.09. The number of hydrogen-bond donors (Lipinski definition) is 1. The predicted octanol–water partition coefficient (Wildman–Crippen LogP) is 3.53. The number of rotatable bonds is 4. The summed E-state index contributed by atoms with van der Waals surface area (Å²) >= 11 is 3.29. The molecule has 16 heavy (non-hydrogen) atoms. The van der Waals surface area contributed by atoms with Crippen LogP contribution in [0.2, 0.25) is 0 Å². The van der Waals surface area contributed by atoms with E-state index in [1.165, 1.54) is 0 Å². The lowest BCUT2D eigenvalue weighted by atomic mass is 10.1. The van der Waals surface area contributed by atoms with Gasteiger partial charge in [0, 0.05) is 6.42 Å². The van der Waals surface area contributed by atoms with Gasteiger partial charge in [0.15, 0.2) is 0 Å². The van der Waals surface area contributed by atoms with Crippen LogP contribution in [-0.4, -0.2) is 10.9 Å². The molecular formula is C12H17BrN2O. The number of halogens is 1. The highest BCUT2D eigenvalue weighted by Crippen LogP contribution is 2.17. The summed E-state index contributed by atoms with van der Waals surface area (Å²) < 4.78 is 0.782. The van der Waals surface area contributed by atoms with E-state index in [9.17, 15) is 4.79 Å². The van der Waals surface area contributed by atoms with Crippen molar-refractivity contribution in [1.29, 1.82) is 0 Å². The monoisotopic (exact) mass is 284 g/mol. The maximum atomic E-state index is 11.7. The van der Waals surface area contributed by atoms with E-state index < -0.39 is 0 Å². The van der Waals surface area contributed by atoms with E-state index in [1.807, 2.05) is 19.1 Å². The summed E-state index contributed by atoms with van der Waals surface area (Å²) in [7, 11) is 0. The van der Waals surface area contributed by atoms with Crippen LogP contribution in [0.4, 0.5) is 5.69 Å². The second-order valence-electron chi connectivity index (χ2n) is 4.03. The second kappa shape index (κ2) is 5.99. The molecule has 0 spiro atoms. The van der Waals surface area contributed by atoms with Crippen LogP contribution in [0.1, 0.15) is 32.4 Å². The first kappa shape index (κ1) is 13.2. The quantitative estimate of drug-likeness (QED) is 0.860. The van der Waals surface area contributed by atoms with Gasteiger partial charge >= 0.3 is 0 Å². The maximum absolute atomic E-state index is 11.7. The summed E-state index contributed by atoms with van der Waals surface area (Å²) in [6.45, 7) is 6.04. The average molecular weight is 285 g/mol. The number of anilines is 1. The molecule has 1 atom stereocenters. The smallest absolute Gasteiger partial charge is 0.224 e. The number of nitrogens with zero attached hydrogens (tertiary/aromatic N) is 1. The molecule has 0 aliphatic rings. The molecule has 3 nitrogen and oxygen atoms in total. The minimum Gasteiger partial charge on any atom is -0.324 e. The van der Waals surface area contributed by atoms with Crippen molar-refractivity contribution in [2.24, 2.45) is 5.92 Å². The number of carbonyl (C=O) groups excluding carboxylic acids is 1. The van der Waals surface area contributed by atoms with Gasteiger partial charge in [0.05, 0.1) is 11.4 Å². The zero-order valence-corrected chi connectivity index (χ0v) is 11.5. The normalized spacial score (nSPS) is 12.2. The van der Waals surface area contributed by atoms with Gasteiger partial charge in [-0.15, -0.1) is 0 Å². The summed E-state index contributed by atoms with van der Waals surface area (Å²) in [6, 6.07) is 3.69. The van der Waals surface area contributed by atoms with Crippen LogP contribution in [-0.2, 0) is 4.79 Å². The molecule has 1 unspecified atom stereocenters. The molecule has 0 aliphatic heterocycles. The highest BCUT2D eigenvalue weighted by molar-refractivity contribution is 9.10. The van der Waals surface area contributed by atoms with E-state index in [2.05, 4.69) is 40.1 Å². The Hall–Kier alpha value is -0.900. The maximum Gasteiger partial charge on any atom is 0.224 e. The number of pyridine rings is 1. The summed E-state index contributed by atoms with van der Waals surface area (Å²) in [6.07, 6.45) is 1.58. The largest absolute Gasteiger partial charge is 0.324 e. The second-order valence-corrected chi connectivity index (χ2v) is 4.85. The fourth-order valence-corrected chi connectivity index (χ4v) is 1.72. The number of amides is 1. The predicted molar refractivity (Wildman–Crippen MR) is 69.4 cm³/mol. The Labute approximate surface area is 105 Å². The van der Waals surface area contributed by atoms with Crippen molar-refractivity contribution in [1.82, 2.24) is 4.98 Å². The van der Waals surface area contributed by atoms with Crippen molar-refractivity contribution in [3.63, 3.8) is 0 Å². The number of hydrogen-bond acceptors (Lipinski definition) is 2.